The normalized spacial score (nSPS) is 12.5. The number of aliphatic hydroxyl groups excluding tert-OH is 1. The Labute approximate surface area is 88.9 Å². The molecule has 0 aliphatic carbocycles. The van der Waals surface area contributed by atoms with E-state index >= 15 is 0 Å². The van der Waals surface area contributed by atoms with E-state index in [0.29, 0.717) is 18.5 Å². The molecule has 0 radical (unpaired) electrons. The van der Waals surface area contributed by atoms with Gasteiger partial charge in [-0.25, -0.2) is 4.39 Å². The van der Waals surface area contributed by atoms with E-state index in [4.69, 9.17) is 4.74 Å². The summed E-state index contributed by atoms with van der Waals surface area (Å²) in [5, 5.41) is 12.7. The molecule has 1 rings (SSSR count). The van der Waals surface area contributed by atoms with Gasteiger partial charge in [-0.05, 0) is 26.1 Å². The molecule has 0 fully saturated rings. The molecule has 0 saturated carbocycles. The lowest BCUT2D eigenvalue weighted by Crippen LogP contribution is -2.12. The number of methoxy groups -OCH3 is 1. The number of para-hydroxylation sites is 1. The van der Waals surface area contributed by atoms with E-state index in [1.807, 2.05) is 0 Å². The summed E-state index contributed by atoms with van der Waals surface area (Å²) in [7, 11) is 3.20. The van der Waals surface area contributed by atoms with Gasteiger partial charge in [-0.15, -0.1) is 0 Å². The molecule has 0 aromatic heterocycles. The monoisotopic (exact) mass is 213 g/mol. The van der Waals surface area contributed by atoms with Crippen molar-refractivity contribution in [1.29, 1.82) is 0 Å². The number of rotatable bonds is 5. The van der Waals surface area contributed by atoms with Gasteiger partial charge in [-0.3, -0.25) is 0 Å². The largest absolute Gasteiger partial charge is 0.493 e. The van der Waals surface area contributed by atoms with E-state index in [9.17, 15) is 9.50 Å². The fourth-order valence-electron chi connectivity index (χ4n) is 1.44. The molecule has 1 unspecified atom stereocenters. The molecule has 15 heavy (non-hydrogen) atoms. The van der Waals surface area contributed by atoms with E-state index in [1.54, 1.807) is 19.2 Å². The highest BCUT2D eigenvalue weighted by Crippen LogP contribution is 2.29. The highest BCUT2D eigenvalue weighted by atomic mass is 19.1. The standard InChI is InChI=1S/C11H16FNO2/c1-13-7-6-10(14)8-4-3-5-9(12)11(8)15-2/h3-5,10,13-14H,6-7H2,1-2H3. The minimum absolute atomic E-state index is 0.126. The lowest BCUT2D eigenvalue weighted by atomic mass is 10.1. The summed E-state index contributed by atoms with van der Waals surface area (Å²) in [5.41, 5.74) is 0.493. The second-order valence-corrected chi connectivity index (χ2v) is 3.27. The summed E-state index contributed by atoms with van der Waals surface area (Å²) < 4.78 is 18.2. The van der Waals surface area contributed by atoms with Crippen LogP contribution in [0.4, 0.5) is 4.39 Å². The Kier molecular flexibility index (Phi) is 4.52. The van der Waals surface area contributed by atoms with Crippen LogP contribution in [-0.4, -0.2) is 25.8 Å². The molecule has 0 bridgehead atoms. The van der Waals surface area contributed by atoms with Gasteiger partial charge in [-0.2, -0.15) is 0 Å². The SMILES string of the molecule is CNCCC(O)c1cccc(F)c1OC. The van der Waals surface area contributed by atoms with Crippen LogP contribution in [0.15, 0.2) is 18.2 Å². The predicted molar refractivity (Wildman–Crippen MR) is 56.5 cm³/mol. The quantitative estimate of drug-likeness (QED) is 0.778. The van der Waals surface area contributed by atoms with Gasteiger partial charge in [0.1, 0.15) is 0 Å². The minimum Gasteiger partial charge on any atom is -0.493 e. The smallest absolute Gasteiger partial charge is 0.165 e. The predicted octanol–water partition coefficient (Wildman–Crippen LogP) is 1.48. The van der Waals surface area contributed by atoms with Gasteiger partial charge in [0.25, 0.3) is 0 Å². The number of aliphatic hydroxyl groups is 1. The second-order valence-electron chi connectivity index (χ2n) is 3.27. The highest BCUT2D eigenvalue weighted by Gasteiger charge is 2.15. The van der Waals surface area contributed by atoms with Gasteiger partial charge in [0.2, 0.25) is 0 Å². The molecule has 1 atom stereocenters. The molecule has 84 valence electrons. The number of nitrogens with one attached hydrogen (secondary N) is 1. The average Bonchev–Trinajstić information content (AvgIpc) is 2.25. The number of hydrogen-bond donors (Lipinski definition) is 2. The van der Waals surface area contributed by atoms with E-state index < -0.39 is 11.9 Å². The summed E-state index contributed by atoms with van der Waals surface area (Å²) in [6.07, 6.45) is -0.181. The molecular formula is C11H16FNO2. The summed E-state index contributed by atoms with van der Waals surface area (Å²) in [6, 6.07) is 4.55. The Bertz CT molecular complexity index is 317. The van der Waals surface area contributed by atoms with Gasteiger partial charge in [0.15, 0.2) is 11.6 Å². The van der Waals surface area contributed by atoms with Gasteiger partial charge < -0.3 is 15.2 Å². The van der Waals surface area contributed by atoms with Crippen LogP contribution in [0.1, 0.15) is 18.1 Å². The van der Waals surface area contributed by atoms with Gasteiger partial charge in [0, 0.05) is 5.56 Å². The van der Waals surface area contributed by atoms with E-state index in [0.717, 1.165) is 0 Å². The fraction of sp³-hybridized carbons (Fsp3) is 0.455. The molecule has 0 aliphatic heterocycles. The lowest BCUT2D eigenvalue weighted by Gasteiger charge is -2.14. The van der Waals surface area contributed by atoms with Gasteiger partial charge in [-0.1, -0.05) is 12.1 Å². The molecule has 1 aromatic rings. The molecule has 0 spiro atoms. The van der Waals surface area contributed by atoms with E-state index in [-0.39, 0.29) is 5.75 Å². The molecule has 1 aromatic carbocycles. The maximum Gasteiger partial charge on any atom is 0.165 e. The number of ether oxygens (including phenoxy) is 1. The molecule has 0 saturated heterocycles. The number of benzene rings is 1. The Morgan fingerprint density at radius 1 is 1.53 bits per heavy atom. The molecule has 0 amide bonds. The third-order valence-electron chi connectivity index (χ3n) is 2.23. The second kappa shape index (κ2) is 5.68. The first kappa shape index (κ1) is 11.9. The number of hydrogen-bond acceptors (Lipinski definition) is 3. The zero-order chi connectivity index (χ0) is 11.3. The van der Waals surface area contributed by atoms with Crippen molar-refractivity contribution >= 4 is 0 Å². The maximum atomic E-state index is 13.3. The van der Waals surface area contributed by atoms with Crippen molar-refractivity contribution in [3.05, 3.63) is 29.6 Å². The Hall–Kier alpha value is -1.13. The van der Waals surface area contributed by atoms with Crippen molar-refractivity contribution in [2.45, 2.75) is 12.5 Å². The van der Waals surface area contributed by atoms with Gasteiger partial charge >= 0.3 is 0 Å². The zero-order valence-electron chi connectivity index (χ0n) is 8.96. The first-order valence-corrected chi connectivity index (χ1v) is 4.85. The first-order chi connectivity index (χ1) is 7.20. The van der Waals surface area contributed by atoms with Crippen LogP contribution < -0.4 is 10.1 Å². The van der Waals surface area contributed by atoms with Crippen LogP contribution >= 0.6 is 0 Å². The Morgan fingerprint density at radius 3 is 2.87 bits per heavy atom. The minimum atomic E-state index is -0.705. The van der Waals surface area contributed by atoms with Crippen LogP contribution in [0.25, 0.3) is 0 Å². The molecule has 0 heterocycles. The Morgan fingerprint density at radius 2 is 2.27 bits per heavy atom. The highest BCUT2D eigenvalue weighted by molar-refractivity contribution is 5.36. The van der Waals surface area contributed by atoms with Crippen molar-refractivity contribution in [2.24, 2.45) is 0 Å². The van der Waals surface area contributed by atoms with Crippen molar-refractivity contribution < 1.29 is 14.2 Å². The Balaban J connectivity index is 2.87. The van der Waals surface area contributed by atoms with E-state index in [2.05, 4.69) is 5.32 Å². The van der Waals surface area contributed by atoms with Crippen LogP contribution in [-0.2, 0) is 0 Å². The van der Waals surface area contributed by atoms with Crippen LogP contribution in [0.2, 0.25) is 0 Å². The molecular weight excluding hydrogens is 197 g/mol. The van der Waals surface area contributed by atoms with Crippen LogP contribution in [0, 0.1) is 5.82 Å². The van der Waals surface area contributed by atoms with Crippen LogP contribution in [0.5, 0.6) is 5.75 Å². The summed E-state index contributed by atoms with van der Waals surface area (Å²) in [6.45, 7) is 0.667. The van der Waals surface area contributed by atoms with Crippen molar-refractivity contribution in [3.63, 3.8) is 0 Å². The fourth-order valence-corrected chi connectivity index (χ4v) is 1.44. The molecule has 3 nitrogen and oxygen atoms in total. The third-order valence-corrected chi connectivity index (χ3v) is 2.23. The first-order valence-electron chi connectivity index (χ1n) is 4.85. The lowest BCUT2D eigenvalue weighted by molar-refractivity contribution is 0.162. The number of halogens is 1. The zero-order valence-corrected chi connectivity index (χ0v) is 8.96. The third kappa shape index (κ3) is 2.91. The summed E-state index contributed by atoms with van der Waals surface area (Å²) >= 11 is 0. The van der Waals surface area contributed by atoms with Crippen molar-refractivity contribution in [2.75, 3.05) is 20.7 Å². The molecule has 2 N–H and O–H groups in total. The molecule has 0 aliphatic rings. The van der Waals surface area contributed by atoms with Crippen molar-refractivity contribution in [1.82, 2.24) is 5.32 Å². The summed E-state index contributed by atoms with van der Waals surface area (Å²) in [4.78, 5) is 0. The average molecular weight is 213 g/mol. The van der Waals surface area contributed by atoms with Crippen LogP contribution in [0.3, 0.4) is 0 Å². The van der Waals surface area contributed by atoms with Crippen molar-refractivity contribution in [3.8, 4) is 5.75 Å². The van der Waals surface area contributed by atoms with E-state index in [1.165, 1.54) is 13.2 Å². The molecule has 4 heteroatoms. The van der Waals surface area contributed by atoms with Gasteiger partial charge in [0.05, 0.1) is 13.2 Å². The summed E-state index contributed by atoms with van der Waals surface area (Å²) in [5.74, 6) is -0.320. The maximum absolute atomic E-state index is 13.3. The topological polar surface area (TPSA) is 41.5 Å².